The Bertz CT molecular complexity index is 688. The van der Waals surface area contributed by atoms with Crippen molar-refractivity contribution in [3.05, 3.63) is 64.7 Å². The number of benzene rings is 2. The number of nitrogens with zero attached hydrogens (tertiary/aromatic N) is 1. The molecule has 4 nitrogen and oxygen atoms in total. The number of hydrogen-bond acceptors (Lipinski definition) is 3. The van der Waals surface area contributed by atoms with Crippen LogP contribution in [0.2, 0.25) is 5.02 Å². The van der Waals surface area contributed by atoms with Gasteiger partial charge in [0.25, 0.3) is 5.91 Å². The average Bonchev–Trinajstić information content (AvgIpc) is 2.62. The van der Waals surface area contributed by atoms with E-state index in [9.17, 15) is 4.79 Å². The zero-order chi connectivity index (χ0) is 16.2. The number of carbonyl (C=O) groups is 1. The number of nitrogens with one attached hydrogen (secondary N) is 1. The van der Waals surface area contributed by atoms with Crippen molar-refractivity contribution in [2.75, 3.05) is 26.7 Å². The Labute approximate surface area is 141 Å². The van der Waals surface area contributed by atoms with E-state index in [1.54, 1.807) is 31.4 Å². The maximum atomic E-state index is 12.9. The van der Waals surface area contributed by atoms with Crippen LogP contribution in [-0.2, 0) is 0 Å². The standard InChI is InChI=1S/C18H19ClN2O2/c1-23-14-8-6-13(7-9-14)18(22)21-11-10-20-12-17(21)15-4-2-3-5-16(15)19/h2-9,17,20H,10-12H2,1H3. The van der Waals surface area contributed by atoms with Crippen molar-refractivity contribution >= 4 is 17.5 Å². The van der Waals surface area contributed by atoms with Crippen LogP contribution in [0.4, 0.5) is 0 Å². The van der Waals surface area contributed by atoms with E-state index in [1.165, 1.54) is 0 Å². The molecule has 1 saturated heterocycles. The summed E-state index contributed by atoms with van der Waals surface area (Å²) < 4.78 is 5.15. The van der Waals surface area contributed by atoms with Crippen LogP contribution in [0, 0.1) is 0 Å². The summed E-state index contributed by atoms with van der Waals surface area (Å²) in [6.07, 6.45) is 0. The normalized spacial score (nSPS) is 17.8. The number of ether oxygens (including phenoxy) is 1. The van der Waals surface area contributed by atoms with E-state index < -0.39 is 0 Å². The van der Waals surface area contributed by atoms with Crippen LogP contribution in [-0.4, -0.2) is 37.6 Å². The fraction of sp³-hybridized carbons (Fsp3) is 0.278. The van der Waals surface area contributed by atoms with Crippen molar-refractivity contribution in [1.29, 1.82) is 0 Å². The zero-order valence-corrected chi connectivity index (χ0v) is 13.7. The van der Waals surface area contributed by atoms with Gasteiger partial charge in [0, 0.05) is 30.2 Å². The topological polar surface area (TPSA) is 41.6 Å². The zero-order valence-electron chi connectivity index (χ0n) is 13.0. The molecular formula is C18H19ClN2O2. The van der Waals surface area contributed by atoms with Crippen LogP contribution in [0.25, 0.3) is 0 Å². The predicted octanol–water partition coefficient (Wildman–Crippen LogP) is 3.14. The summed E-state index contributed by atoms with van der Waals surface area (Å²) >= 11 is 6.33. The maximum absolute atomic E-state index is 12.9. The molecule has 0 spiro atoms. The van der Waals surface area contributed by atoms with Crippen LogP contribution in [0.5, 0.6) is 5.75 Å². The number of rotatable bonds is 3. The van der Waals surface area contributed by atoms with Crippen molar-refractivity contribution in [2.24, 2.45) is 0 Å². The Kier molecular flexibility index (Phi) is 4.84. The van der Waals surface area contributed by atoms with Crippen LogP contribution >= 0.6 is 11.6 Å². The highest BCUT2D eigenvalue weighted by Crippen LogP contribution is 2.29. The van der Waals surface area contributed by atoms with Gasteiger partial charge in [-0.05, 0) is 35.9 Å². The summed E-state index contributed by atoms with van der Waals surface area (Å²) in [6, 6.07) is 14.8. The van der Waals surface area contributed by atoms with Crippen LogP contribution in [0.3, 0.4) is 0 Å². The Morgan fingerprint density at radius 3 is 2.65 bits per heavy atom. The Morgan fingerprint density at radius 2 is 1.96 bits per heavy atom. The van der Waals surface area contributed by atoms with Gasteiger partial charge in [0.1, 0.15) is 5.75 Å². The van der Waals surface area contributed by atoms with E-state index in [1.807, 2.05) is 29.2 Å². The second kappa shape index (κ2) is 7.02. The second-order valence-corrected chi connectivity index (χ2v) is 5.88. The van der Waals surface area contributed by atoms with Crippen molar-refractivity contribution < 1.29 is 9.53 Å². The van der Waals surface area contributed by atoms with Crippen LogP contribution in [0.15, 0.2) is 48.5 Å². The smallest absolute Gasteiger partial charge is 0.254 e. The molecule has 0 radical (unpaired) electrons. The summed E-state index contributed by atoms with van der Waals surface area (Å²) in [5.41, 5.74) is 1.63. The Hall–Kier alpha value is -2.04. The van der Waals surface area contributed by atoms with E-state index in [0.29, 0.717) is 23.7 Å². The number of piperazine rings is 1. The highest BCUT2D eigenvalue weighted by Gasteiger charge is 2.29. The molecule has 2 aromatic carbocycles. The average molecular weight is 331 g/mol. The molecule has 5 heteroatoms. The quantitative estimate of drug-likeness (QED) is 0.940. The largest absolute Gasteiger partial charge is 0.497 e. The molecule has 1 heterocycles. The van der Waals surface area contributed by atoms with Gasteiger partial charge in [-0.15, -0.1) is 0 Å². The Balaban J connectivity index is 1.88. The highest BCUT2D eigenvalue weighted by atomic mass is 35.5. The first-order valence-electron chi connectivity index (χ1n) is 7.61. The van der Waals surface area contributed by atoms with Gasteiger partial charge >= 0.3 is 0 Å². The van der Waals surface area contributed by atoms with E-state index in [-0.39, 0.29) is 11.9 Å². The lowest BCUT2D eigenvalue weighted by Crippen LogP contribution is -2.48. The van der Waals surface area contributed by atoms with Gasteiger partial charge in [0.2, 0.25) is 0 Å². The minimum absolute atomic E-state index is 0.0130. The number of carbonyl (C=O) groups excluding carboxylic acids is 1. The van der Waals surface area contributed by atoms with Crippen molar-refractivity contribution in [2.45, 2.75) is 6.04 Å². The van der Waals surface area contributed by atoms with Crippen molar-refractivity contribution in [3.63, 3.8) is 0 Å². The second-order valence-electron chi connectivity index (χ2n) is 5.47. The molecule has 1 fully saturated rings. The van der Waals surface area contributed by atoms with Gasteiger partial charge in [-0.3, -0.25) is 4.79 Å². The van der Waals surface area contributed by atoms with Crippen molar-refractivity contribution in [3.8, 4) is 5.75 Å². The predicted molar refractivity (Wildman–Crippen MR) is 91.1 cm³/mol. The van der Waals surface area contributed by atoms with Crippen LogP contribution in [0.1, 0.15) is 22.0 Å². The lowest BCUT2D eigenvalue weighted by atomic mass is 10.0. The van der Waals surface area contributed by atoms with E-state index in [2.05, 4.69) is 5.32 Å². The van der Waals surface area contributed by atoms with Crippen LogP contribution < -0.4 is 10.1 Å². The van der Waals surface area contributed by atoms with Gasteiger partial charge < -0.3 is 15.0 Å². The van der Waals surface area contributed by atoms with Gasteiger partial charge in [-0.2, -0.15) is 0 Å². The van der Waals surface area contributed by atoms with Gasteiger partial charge in [-0.25, -0.2) is 0 Å². The summed E-state index contributed by atoms with van der Waals surface area (Å²) in [5.74, 6) is 0.753. The molecule has 1 N–H and O–H groups in total. The molecule has 3 rings (SSSR count). The minimum atomic E-state index is -0.0629. The maximum Gasteiger partial charge on any atom is 0.254 e. The molecule has 1 aliphatic rings. The van der Waals surface area contributed by atoms with Gasteiger partial charge in [-0.1, -0.05) is 29.8 Å². The summed E-state index contributed by atoms with van der Waals surface area (Å²) in [7, 11) is 1.61. The highest BCUT2D eigenvalue weighted by molar-refractivity contribution is 6.31. The molecule has 120 valence electrons. The molecular weight excluding hydrogens is 312 g/mol. The number of methoxy groups -OCH3 is 1. The Morgan fingerprint density at radius 1 is 1.22 bits per heavy atom. The molecule has 23 heavy (non-hydrogen) atoms. The summed E-state index contributed by atoms with van der Waals surface area (Å²) in [6.45, 7) is 2.13. The molecule has 1 aliphatic heterocycles. The van der Waals surface area contributed by atoms with E-state index >= 15 is 0 Å². The number of halogens is 1. The first-order valence-corrected chi connectivity index (χ1v) is 7.98. The molecule has 0 aliphatic carbocycles. The lowest BCUT2D eigenvalue weighted by molar-refractivity contribution is 0.0634. The molecule has 0 saturated carbocycles. The minimum Gasteiger partial charge on any atom is -0.497 e. The van der Waals surface area contributed by atoms with Gasteiger partial charge in [0.15, 0.2) is 0 Å². The van der Waals surface area contributed by atoms with Gasteiger partial charge in [0.05, 0.1) is 13.2 Å². The van der Waals surface area contributed by atoms with E-state index in [4.69, 9.17) is 16.3 Å². The summed E-state index contributed by atoms with van der Waals surface area (Å²) in [5, 5.41) is 4.03. The third-order valence-electron chi connectivity index (χ3n) is 4.11. The fourth-order valence-corrected chi connectivity index (χ4v) is 3.13. The summed E-state index contributed by atoms with van der Waals surface area (Å²) in [4.78, 5) is 14.8. The van der Waals surface area contributed by atoms with Crippen molar-refractivity contribution in [1.82, 2.24) is 10.2 Å². The third-order valence-corrected chi connectivity index (χ3v) is 4.45. The molecule has 0 aromatic heterocycles. The third kappa shape index (κ3) is 3.33. The van der Waals surface area contributed by atoms with E-state index in [0.717, 1.165) is 17.9 Å². The molecule has 1 atom stereocenters. The first-order chi connectivity index (χ1) is 11.2. The number of hydrogen-bond donors (Lipinski definition) is 1. The molecule has 1 unspecified atom stereocenters. The monoisotopic (exact) mass is 330 g/mol. The molecule has 2 aromatic rings. The molecule has 0 bridgehead atoms. The fourth-order valence-electron chi connectivity index (χ4n) is 2.87. The SMILES string of the molecule is COc1ccc(C(=O)N2CCNCC2c2ccccc2Cl)cc1. The first kappa shape index (κ1) is 15.8. The molecule has 1 amide bonds. The lowest BCUT2D eigenvalue weighted by Gasteiger charge is -2.37. The number of amides is 1.